The molecule has 0 N–H and O–H groups in total. The zero-order valence-corrected chi connectivity index (χ0v) is 14.2. The van der Waals surface area contributed by atoms with Crippen LogP contribution in [0.3, 0.4) is 0 Å². The first-order valence-corrected chi connectivity index (χ1v) is 10.9. The summed E-state index contributed by atoms with van der Waals surface area (Å²) in [7, 11) is -1.34. The zero-order chi connectivity index (χ0) is 14.6. The van der Waals surface area contributed by atoms with E-state index < -0.39 is 8.07 Å². The highest BCUT2D eigenvalue weighted by molar-refractivity contribution is 6.81. The first kappa shape index (κ1) is 16.2. The molecule has 0 spiro atoms. The van der Waals surface area contributed by atoms with Crippen LogP contribution in [-0.2, 0) is 4.79 Å². The predicted octanol–water partition coefficient (Wildman–Crippen LogP) is 5.07. The highest BCUT2D eigenvalue weighted by Gasteiger charge is 2.31. The highest BCUT2D eigenvalue weighted by atomic mass is 28.3. The average Bonchev–Trinajstić information content (AvgIpc) is 2.57. The molecular weight excluding hydrogens is 248 g/mol. The third-order valence-electron chi connectivity index (χ3n) is 3.46. The van der Waals surface area contributed by atoms with E-state index in [0.717, 1.165) is 24.8 Å². The lowest BCUT2D eigenvalue weighted by atomic mass is 9.92. The summed E-state index contributed by atoms with van der Waals surface area (Å²) >= 11 is 0. The number of ketones is 1. The molecule has 0 aromatic carbocycles. The van der Waals surface area contributed by atoms with Gasteiger partial charge in [-0.2, -0.15) is 0 Å². The maximum absolute atomic E-state index is 12.0. The molecule has 0 aliphatic heterocycles. The first-order chi connectivity index (χ1) is 8.70. The van der Waals surface area contributed by atoms with Gasteiger partial charge in [-0.1, -0.05) is 49.1 Å². The lowest BCUT2D eigenvalue weighted by Crippen LogP contribution is -2.19. The van der Waals surface area contributed by atoms with Crippen molar-refractivity contribution in [2.45, 2.75) is 59.2 Å². The molecule has 0 aromatic rings. The maximum Gasteiger partial charge on any atom is 0.158 e. The quantitative estimate of drug-likeness (QED) is 0.389. The molecular formula is C17H28OSi. The molecule has 0 radical (unpaired) electrons. The van der Waals surface area contributed by atoms with E-state index in [1.807, 2.05) is 0 Å². The lowest BCUT2D eigenvalue weighted by Gasteiger charge is -2.18. The molecule has 1 nitrogen and oxygen atoms in total. The fraction of sp³-hybridized carbons (Fsp3) is 0.588. The molecule has 2 heteroatoms. The Morgan fingerprint density at radius 2 is 2.00 bits per heavy atom. The van der Waals surface area contributed by atoms with Gasteiger partial charge in [-0.25, -0.2) is 0 Å². The van der Waals surface area contributed by atoms with Crippen LogP contribution in [0.2, 0.25) is 19.6 Å². The molecule has 1 aliphatic rings. The van der Waals surface area contributed by atoms with Gasteiger partial charge in [0, 0.05) is 12.3 Å². The Bertz CT molecular complexity index is 417. The Balaban J connectivity index is 2.76. The SMILES string of the molecule is C=C(CCC=C(C)C)[C@@H]1CCC(=O)/C1=C\[Si](C)(C)C. The fourth-order valence-electron chi connectivity index (χ4n) is 2.56. The number of hydrogen-bond acceptors (Lipinski definition) is 1. The molecule has 0 aromatic heterocycles. The summed E-state index contributed by atoms with van der Waals surface area (Å²) in [6.45, 7) is 15.3. The van der Waals surface area contributed by atoms with Crippen LogP contribution in [0, 0.1) is 5.92 Å². The van der Waals surface area contributed by atoms with Crippen molar-refractivity contribution in [1.29, 1.82) is 0 Å². The minimum absolute atomic E-state index is 0.324. The number of carbonyl (C=O) groups is 1. The van der Waals surface area contributed by atoms with Gasteiger partial charge in [0.2, 0.25) is 0 Å². The molecule has 1 fully saturated rings. The predicted molar refractivity (Wildman–Crippen MR) is 87.0 cm³/mol. The van der Waals surface area contributed by atoms with E-state index in [9.17, 15) is 4.79 Å². The molecule has 19 heavy (non-hydrogen) atoms. The lowest BCUT2D eigenvalue weighted by molar-refractivity contribution is -0.114. The summed E-state index contributed by atoms with van der Waals surface area (Å²) in [5.74, 6) is 0.681. The van der Waals surface area contributed by atoms with E-state index >= 15 is 0 Å². The van der Waals surface area contributed by atoms with Crippen LogP contribution in [0.1, 0.15) is 39.5 Å². The highest BCUT2D eigenvalue weighted by Crippen LogP contribution is 2.36. The fourth-order valence-corrected chi connectivity index (χ4v) is 3.86. The molecule has 1 saturated carbocycles. The van der Waals surface area contributed by atoms with Crippen LogP contribution >= 0.6 is 0 Å². The van der Waals surface area contributed by atoms with Gasteiger partial charge in [0.05, 0.1) is 8.07 Å². The van der Waals surface area contributed by atoms with E-state index in [-0.39, 0.29) is 0 Å². The number of carbonyl (C=O) groups excluding carboxylic acids is 1. The van der Waals surface area contributed by atoms with Crippen molar-refractivity contribution in [3.63, 3.8) is 0 Å². The van der Waals surface area contributed by atoms with Gasteiger partial charge < -0.3 is 0 Å². The van der Waals surface area contributed by atoms with Gasteiger partial charge in [-0.3, -0.25) is 4.79 Å². The van der Waals surface area contributed by atoms with E-state index in [1.165, 1.54) is 11.1 Å². The number of hydrogen-bond donors (Lipinski definition) is 0. The van der Waals surface area contributed by atoms with E-state index in [4.69, 9.17) is 0 Å². The maximum atomic E-state index is 12.0. The molecule has 0 saturated heterocycles. The molecule has 1 atom stereocenters. The van der Waals surface area contributed by atoms with E-state index in [1.54, 1.807) is 0 Å². The molecule has 0 amide bonds. The summed E-state index contributed by atoms with van der Waals surface area (Å²) in [5.41, 5.74) is 5.96. The van der Waals surface area contributed by atoms with Crippen molar-refractivity contribution in [3.8, 4) is 0 Å². The molecule has 0 bridgehead atoms. The van der Waals surface area contributed by atoms with Crippen molar-refractivity contribution in [2.75, 3.05) is 0 Å². The topological polar surface area (TPSA) is 17.1 Å². The smallest absolute Gasteiger partial charge is 0.158 e. The minimum atomic E-state index is -1.34. The standard InChI is InChI=1S/C17H28OSi/c1-13(2)8-7-9-14(3)15-10-11-17(18)16(15)12-19(4,5)6/h8,12,15H,3,7,9-11H2,1-2,4-6H3/b16-12-/t15-/m0/s1. The Hall–Kier alpha value is -0.893. The van der Waals surface area contributed by atoms with Gasteiger partial charge >= 0.3 is 0 Å². The third kappa shape index (κ3) is 5.31. The minimum Gasteiger partial charge on any atom is -0.295 e. The number of Topliss-reactive ketones (excluding diaryl/α,β-unsaturated/α-hetero) is 1. The molecule has 106 valence electrons. The second-order valence-corrected chi connectivity index (χ2v) is 12.0. The largest absolute Gasteiger partial charge is 0.295 e. The summed E-state index contributed by atoms with van der Waals surface area (Å²) < 4.78 is 0. The normalized spacial score (nSPS) is 21.8. The number of allylic oxidation sites excluding steroid dienone is 4. The van der Waals surface area contributed by atoms with Gasteiger partial charge in [0.25, 0.3) is 0 Å². The van der Waals surface area contributed by atoms with Crippen LogP contribution in [0.15, 0.2) is 35.1 Å². The van der Waals surface area contributed by atoms with Crippen molar-refractivity contribution < 1.29 is 4.79 Å². The molecule has 1 rings (SSSR count). The zero-order valence-electron chi connectivity index (χ0n) is 13.2. The Morgan fingerprint density at radius 1 is 1.37 bits per heavy atom. The second-order valence-electron chi connectivity index (χ2n) is 6.96. The van der Waals surface area contributed by atoms with Crippen LogP contribution in [0.25, 0.3) is 0 Å². The summed E-state index contributed by atoms with van der Waals surface area (Å²) in [5, 5.41) is 0. The van der Waals surface area contributed by atoms with E-state index in [0.29, 0.717) is 18.1 Å². The number of rotatable bonds is 5. The van der Waals surface area contributed by atoms with Gasteiger partial charge in [0.1, 0.15) is 0 Å². The van der Waals surface area contributed by atoms with Crippen molar-refractivity contribution in [1.82, 2.24) is 0 Å². The summed E-state index contributed by atoms with van der Waals surface area (Å²) in [4.78, 5) is 12.0. The van der Waals surface area contributed by atoms with Crippen molar-refractivity contribution in [2.24, 2.45) is 5.92 Å². The van der Waals surface area contributed by atoms with Gasteiger partial charge in [-0.15, -0.1) is 0 Å². The second kappa shape index (κ2) is 6.51. The Kier molecular flexibility index (Phi) is 5.54. The van der Waals surface area contributed by atoms with Crippen LogP contribution in [-0.4, -0.2) is 13.9 Å². The van der Waals surface area contributed by atoms with Crippen molar-refractivity contribution in [3.05, 3.63) is 35.1 Å². The van der Waals surface area contributed by atoms with Crippen LogP contribution in [0.5, 0.6) is 0 Å². The molecule has 0 heterocycles. The van der Waals surface area contributed by atoms with E-state index in [2.05, 4.69) is 51.8 Å². The monoisotopic (exact) mass is 276 g/mol. The Labute approximate surface area is 119 Å². The van der Waals surface area contributed by atoms with Crippen LogP contribution in [0.4, 0.5) is 0 Å². The van der Waals surface area contributed by atoms with Crippen LogP contribution < -0.4 is 0 Å². The summed E-state index contributed by atoms with van der Waals surface area (Å²) in [6, 6.07) is 0. The Morgan fingerprint density at radius 3 is 2.53 bits per heavy atom. The third-order valence-corrected chi connectivity index (χ3v) is 4.63. The van der Waals surface area contributed by atoms with Crippen molar-refractivity contribution >= 4 is 13.9 Å². The summed E-state index contributed by atoms with van der Waals surface area (Å²) in [6.07, 6.45) is 5.99. The first-order valence-electron chi connectivity index (χ1n) is 7.27. The average molecular weight is 276 g/mol. The van der Waals surface area contributed by atoms with Gasteiger partial charge in [-0.05, 0) is 38.7 Å². The molecule has 0 unspecified atom stereocenters. The molecule has 1 aliphatic carbocycles. The van der Waals surface area contributed by atoms with Gasteiger partial charge in [0.15, 0.2) is 5.78 Å².